The summed E-state index contributed by atoms with van der Waals surface area (Å²) in [6.07, 6.45) is -8.73. The molecule has 0 aliphatic carbocycles. The molecule has 0 amide bonds. The lowest BCUT2D eigenvalue weighted by atomic mass is 10.1. The molecule has 0 aliphatic rings. The zero-order valence-electron chi connectivity index (χ0n) is 16.6. The van der Waals surface area contributed by atoms with Gasteiger partial charge in [-0.25, -0.2) is 18.0 Å². The molecule has 32 heavy (non-hydrogen) atoms. The van der Waals surface area contributed by atoms with Gasteiger partial charge < -0.3 is 18.8 Å². The summed E-state index contributed by atoms with van der Waals surface area (Å²) in [5, 5.41) is -5.96. The van der Waals surface area contributed by atoms with Crippen LogP contribution in [-0.2, 0) is 33.9 Å². The number of hydrogen-bond donors (Lipinski definition) is 0. The van der Waals surface area contributed by atoms with Crippen LogP contribution in [0.3, 0.4) is 0 Å². The van der Waals surface area contributed by atoms with E-state index in [1.165, 1.54) is 0 Å². The van der Waals surface area contributed by atoms with Crippen molar-refractivity contribution in [2.75, 3.05) is 13.2 Å². The van der Waals surface area contributed by atoms with Crippen molar-refractivity contribution in [3.8, 4) is 0 Å². The van der Waals surface area contributed by atoms with E-state index in [9.17, 15) is 53.3 Å². The maximum absolute atomic E-state index is 13.6. The van der Waals surface area contributed by atoms with Crippen LogP contribution in [0.5, 0.6) is 0 Å². The summed E-state index contributed by atoms with van der Waals surface area (Å²) in [6, 6.07) is 0. The first-order valence-electron chi connectivity index (χ1n) is 8.84. The van der Waals surface area contributed by atoms with Gasteiger partial charge in [0.2, 0.25) is 0 Å². The lowest BCUT2D eigenvalue weighted by molar-refractivity contribution is -0.354. The Morgan fingerprint density at radius 1 is 1.00 bits per heavy atom. The van der Waals surface area contributed by atoms with E-state index in [2.05, 4.69) is 20.8 Å². The van der Waals surface area contributed by atoms with Gasteiger partial charge in [0.25, 0.3) is 0 Å². The third kappa shape index (κ3) is 7.30. The number of esters is 2. The van der Waals surface area contributed by atoms with E-state index >= 15 is 0 Å². The van der Waals surface area contributed by atoms with Gasteiger partial charge in [-0.1, -0.05) is 19.9 Å². The summed E-state index contributed by atoms with van der Waals surface area (Å²) in [5.41, 5.74) is 0. The molecule has 8 nitrogen and oxygen atoms in total. The molecule has 0 aliphatic heterocycles. The largest absolute Gasteiger partial charge is 0.743 e. The van der Waals surface area contributed by atoms with Crippen molar-refractivity contribution in [2.24, 2.45) is 0 Å². The first-order chi connectivity index (χ1) is 14.4. The van der Waals surface area contributed by atoms with Gasteiger partial charge in [-0.2, -0.15) is 30.7 Å². The van der Waals surface area contributed by atoms with Gasteiger partial charge in [-0.3, -0.25) is 0 Å². The van der Waals surface area contributed by atoms with Crippen molar-refractivity contribution in [2.45, 2.75) is 62.2 Å². The maximum Gasteiger partial charge on any atom is 0.468 e. The van der Waals surface area contributed by atoms with Crippen molar-refractivity contribution in [3.05, 3.63) is 12.7 Å². The highest BCUT2D eigenvalue weighted by Gasteiger charge is 2.67. The van der Waals surface area contributed by atoms with Gasteiger partial charge in [0.05, 0.1) is 13.2 Å². The summed E-state index contributed by atoms with van der Waals surface area (Å²) in [4.78, 5) is 23.3. The minimum absolute atomic E-state index is 0.140. The van der Waals surface area contributed by atoms with Gasteiger partial charge in [0.1, 0.15) is 0 Å². The number of hydrogen-bond acceptors (Lipinski definition) is 8. The Hall–Kier alpha value is -1.94. The highest BCUT2D eigenvalue weighted by molar-refractivity contribution is 7.86. The highest BCUT2D eigenvalue weighted by Crippen LogP contribution is 2.42. The molecule has 0 bridgehead atoms. The number of unbranched alkanes of at least 4 members (excludes halogenated alkanes) is 2. The molecule has 0 fully saturated rings. The van der Waals surface area contributed by atoms with Gasteiger partial charge in [-0.15, -0.1) is 0 Å². The van der Waals surface area contributed by atoms with Crippen LogP contribution in [0.2, 0.25) is 0 Å². The summed E-state index contributed by atoms with van der Waals surface area (Å²) in [6.45, 7) is 2.74. The molecule has 1 atom stereocenters. The van der Waals surface area contributed by atoms with Gasteiger partial charge in [0, 0.05) is 12.5 Å². The molecule has 0 aromatic carbocycles. The molecule has 0 saturated carbocycles. The van der Waals surface area contributed by atoms with E-state index in [0.717, 1.165) is 0 Å². The number of halogens is 7. The van der Waals surface area contributed by atoms with Crippen molar-refractivity contribution in [1.82, 2.24) is 0 Å². The Balaban J connectivity index is 5.41. The molecule has 0 N–H and O–H groups in total. The monoisotopic (exact) mass is 505 g/mol. The maximum atomic E-state index is 13.6. The van der Waals surface area contributed by atoms with Crippen LogP contribution in [-0.4, -0.2) is 61.3 Å². The van der Waals surface area contributed by atoms with Crippen LogP contribution >= 0.6 is 0 Å². The van der Waals surface area contributed by atoms with E-state index < -0.39 is 77.7 Å². The number of carbonyl (C=O) groups is 2. The summed E-state index contributed by atoms with van der Waals surface area (Å²) >= 11 is 0. The fourth-order valence-corrected chi connectivity index (χ4v) is 2.43. The highest BCUT2D eigenvalue weighted by atomic mass is 32.2. The Morgan fingerprint density at radius 3 is 2.00 bits per heavy atom. The zero-order valence-corrected chi connectivity index (χ0v) is 17.4. The Bertz CT molecular complexity index is 767. The second-order valence-corrected chi connectivity index (χ2v) is 7.63. The van der Waals surface area contributed by atoms with Gasteiger partial charge in [0.15, 0.2) is 10.1 Å². The molecule has 0 heterocycles. The third-order valence-electron chi connectivity index (χ3n) is 3.71. The second-order valence-electron chi connectivity index (χ2n) is 6.21. The molecule has 0 radical (unpaired) electrons. The Labute approximate surface area is 178 Å². The minimum atomic E-state index is -6.73. The van der Waals surface area contributed by atoms with Gasteiger partial charge >= 0.3 is 35.1 Å². The van der Waals surface area contributed by atoms with E-state index in [1.807, 2.05) is 0 Å². The molecular weight excluding hydrogens is 485 g/mol. The van der Waals surface area contributed by atoms with Crippen LogP contribution in [0, 0.1) is 0 Å². The number of ether oxygens (including phenoxy) is 3. The molecule has 0 aromatic heterocycles. The SMILES string of the molecule is C=CC(=O)OC(OCCCCC(F)(F)C(F)(F)S(=O)(=O)[O-])(C(=O)OCCCC)C(F)(F)F. The smallest absolute Gasteiger partial charge is 0.468 e. The first kappa shape index (κ1) is 30.1. The molecule has 16 heteroatoms. The molecule has 0 spiro atoms. The van der Waals surface area contributed by atoms with E-state index in [-0.39, 0.29) is 12.5 Å². The molecule has 0 saturated heterocycles. The first-order valence-corrected chi connectivity index (χ1v) is 10.2. The molecule has 0 aromatic rings. The number of rotatable bonds is 14. The fraction of sp³-hybridized carbons (Fsp3) is 0.750. The van der Waals surface area contributed by atoms with E-state index in [0.29, 0.717) is 6.42 Å². The van der Waals surface area contributed by atoms with Crippen LogP contribution in [0.25, 0.3) is 0 Å². The van der Waals surface area contributed by atoms with Crippen LogP contribution in [0.1, 0.15) is 39.0 Å². The number of carbonyl (C=O) groups excluding carboxylic acids is 2. The summed E-state index contributed by atoms with van der Waals surface area (Å²) in [5.74, 6) is -13.6. The lowest BCUT2D eigenvalue weighted by Crippen LogP contribution is -2.58. The van der Waals surface area contributed by atoms with Crippen molar-refractivity contribution in [3.63, 3.8) is 0 Å². The standard InChI is InChI=1S/C16H21F7O8S/c1-3-5-9-29-12(25)14(15(19,20)21,31-11(24)4-2)30-10-7-6-8-13(17,18)16(22,23)32(26,27)28/h4H,2-3,5-10H2,1H3,(H,26,27,28)/p-1. The molecule has 0 rings (SSSR count). The Kier molecular flexibility index (Phi) is 10.6. The van der Waals surface area contributed by atoms with Crippen molar-refractivity contribution in [1.29, 1.82) is 0 Å². The number of alkyl halides is 7. The van der Waals surface area contributed by atoms with Crippen LogP contribution < -0.4 is 0 Å². The average Bonchev–Trinajstić information content (AvgIpc) is 2.64. The Morgan fingerprint density at radius 2 is 1.56 bits per heavy atom. The molecule has 1 unspecified atom stereocenters. The van der Waals surface area contributed by atoms with Gasteiger partial charge in [-0.05, 0) is 19.3 Å². The van der Waals surface area contributed by atoms with Crippen LogP contribution in [0.4, 0.5) is 30.7 Å². The fourth-order valence-electron chi connectivity index (χ4n) is 1.97. The summed E-state index contributed by atoms with van der Waals surface area (Å²) < 4.78 is 137. The molecule has 188 valence electrons. The second kappa shape index (κ2) is 11.3. The predicted molar refractivity (Wildman–Crippen MR) is 90.3 cm³/mol. The minimum Gasteiger partial charge on any atom is -0.743 e. The van der Waals surface area contributed by atoms with E-state index in [4.69, 9.17) is 0 Å². The van der Waals surface area contributed by atoms with Crippen LogP contribution in [0.15, 0.2) is 12.7 Å². The van der Waals surface area contributed by atoms with E-state index in [1.54, 1.807) is 6.92 Å². The van der Waals surface area contributed by atoms with Crippen molar-refractivity contribution >= 4 is 22.1 Å². The topological polar surface area (TPSA) is 119 Å². The average molecular weight is 505 g/mol. The lowest BCUT2D eigenvalue weighted by Gasteiger charge is -2.32. The predicted octanol–water partition coefficient (Wildman–Crippen LogP) is 3.28. The normalized spacial score (nSPS) is 15.0. The van der Waals surface area contributed by atoms with Crippen molar-refractivity contribution < 1.29 is 67.5 Å². The third-order valence-corrected chi connectivity index (χ3v) is 4.64. The quantitative estimate of drug-likeness (QED) is 0.0882. The zero-order chi connectivity index (χ0) is 25.4. The molecular formula is C16H20F7O8S-. The summed E-state index contributed by atoms with van der Waals surface area (Å²) in [7, 11) is -6.73.